The zero-order valence-electron chi connectivity index (χ0n) is 16.3. The summed E-state index contributed by atoms with van der Waals surface area (Å²) in [5.41, 5.74) is 3.39. The molecular weight excluding hydrogens is 338 g/mol. The first kappa shape index (κ1) is 19.2. The van der Waals surface area contributed by atoms with Crippen molar-refractivity contribution in [3.05, 3.63) is 60.2 Å². The fourth-order valence-corrected chi connectivity index (χ4v) is 3.32. The number of benzene rings is 2. The molecule has 2 aromatic carbocycles. The number of nitrogens with zero attached hydrogens (tertiary/aromatic N) is 3. The maximum Gasteiger partial charge on any atom is 0.120 e. The van der Waals surface area contributed by atoms with Gasteiger partial charge in [-0.1, -0.05) is 41.6 Å². The van der Waals surface area contributed by atoms with Gasteiger partial charge >= 0.3 is 0 Å². The van der Waals surface area contributed by atoms with Crippen LogP contribution in [0.25, 0.3) is 0 Å². The third kappa shape index (κ3) is 5.47. The molecule has 1 aliphatic rings. The minimum atomic E-state index is 0.593. The molecule has 0 aliphatic carbocycles. The van der Waals surface area contributed by atoms with E-state index in [1.807, 2.05) is 31.2 Å². The number of hydrogen-bond acceptors (Lipinski definition) is 5. The minimum absolute atomic E-state index is 0.593. The lowest BCUT2D eigenvalue weighted by Crippen LogP contribution is -2.46. The summed E-state index contributed by atoms with van der Waals surface area (Å²) in [5, 5.41) is 4.34. The number of oxime groups is 1. The van der Waals surface area contributed by atoms with Crippen LogP contribution >= 0.6 is 0 Å². The molecule has 0 radical (unpaired) electrons. The molecular formula is C22H29N3O2. The Kier molecular flexibility index (Phi) is 7.11. The molecule has 1 fully saturated rings. The highest BCUT2D eigenvalue weighted by molar-refractivity contribution is 6.00. The first-order valence-electron chi connectivity index (χ1n) is 9.65. The minimum Gasteiger partial charge on any atom is -0.497 e. The number of methoxy groups -OCH3 is 1. The summed E-state index contributed by atoms with van der Waals surface area (Å²) in [6.07, 6.45) is 0.892. The van der Waals surface area contributed by atoms with Crippen molar-refractivity contribution in [3.63, 3.8) is 0 Å². The van der Waals surface area contributed by atoms with Crippen molar-refractivity contribution in [1.29, 1.82) is 0 Å². The van der Waals surface area contributed by atoms with Gasteiger partial charge in [-0.25, -0.2) is 0 Å². The summed E-state index contributed by atoms with van der Waals surface area (Å²) in [6.45, 7) is 7.70. The fourth-order valence-electron chi connectivity index (χ4n) is 3.32. The Balaban J connectivity index is 1.53. The molecule has 5 heteroatoms. The summed E-state index contributed by atoms with van der Waals surface area (Å²) in [6, 6.07) is 18.6. The van der Waals surface area contributed by atoms with E-state index in [2.05, 4.69) is 45.3 Å². The number of rotatable bonds is 8. The average molecular weight is 367 g/mol. The maximum atomic E-state index is 5.34. The molecule has 0 spiro atoms. The maximum absolute atomic E-state index is 5.34. The normalized spacial score (nSPS) is 15.6. The molecule has 0 N–H and O–H groups in total. The van der Waals surface area contributed by atoms with E-state index in [0.29, 0.717) is 6.61 Å². The Labute approximate surface area is 162 Å². The Bertz CT molecular complexity index is 725. The zero-order valence-corrected chi connectivity index (χ0v) is 16.3. The summed E-state index contributed by atoms with van der Waals surface area (Å²) < 4.78 is 5.34. The lowest BCUT2D eigenvalue weighted by Gasteiger charge is -2.36. The zero-order chi connectivity index (χ0) is 18.9. The topological polar surface area (TPSA) is 37.3 Å². The van der Waals surface area contributed by atoms with Gasteiger partial charge in [-0.2, -0.15) is 0 Å². The van der Waals surface area contributed by atoms with E-state index in [1.54, 1.807) is 7.11 Å². The predicted octanol–water partition coefficient (Wildman–Crippen LogP) is 3.65. The molecule has 0 aromatic heterocycles. The van der Waals surface area contributed by atoms with Crippen LogP contribution in [0.1, 0.15) is 18.9 Å². The molecule has 27 heavy (non-hydrogen) atoms. The van der Waals surface area contributed by atoms with E-state index in [4.69, 9.17) is 9.57 Å². The van der Waals surface area contributed by atoms with Crippen molar-refractivity contribution in [2.24, 2.45) is 5.16 Å². The molecule has 0 amide bonds. The van der Waals surface area contributed by atoms with Gasteiger partial charge in [0.05, 0.1) is 12.8 Å². The number of piperazine rings is 1. The first-order valence-corrected chi connectivity index (χ1v) is 9.65. The Morgan fingerprint density at radius 3 is 2.48 bits per heavy atom. The molecule has 1 saturated heterocycles. The fraction of sp³-hybridized carbons (Fsp3) is 0.409. The van der Waals surface area contributed by atoms with E-state index in [0.717, 1.165) is 56.2 Å². The first-order chi connectivity index (χ1) is 13.3. The smallest absolute Gasteiger partial charge is 0.120 e. The van der Waals surface area contributed by atoms with Crippen molar-refractivity contribution in [3.8, 4) is 5.75 Å². The number of ether oxygens (including phenoxy) is 1. The summed E-state index contributed by atoms with van der Waals surface area (Å²) in [5.74, 6) is 0.912. The van der Waals surface area contributed by atoms with Crippen LogP contribution in [-0.4, -0.2) is 57.1 Å². The van der Waals surface area contributed by atoms with Gasteiger partial charge in [-0.05, 0) is 24.6 Å². The highest BCUT2D eigenvalue weighted by Gasteiger charge is 2.18. The third-order valence-electron chi connectivity index (χ3n) is 4.87. The van der Waals surface area contributed by atoms with Crippen LogP contribution < -0.4 is 9.64 Å². The van der Waals surface area contributed by atoms with Gasteiger partial charge in [-0.15, -0.1) is 0 Å². The van der Waals surface area contributed by atoms with Gasteiger partial charge in [0, 0.05) is 50.9 Å². The molecule has 1 heterocycles. The standard InChI is InChI=1S/C22H29N3O2/c1-3-27-23-22(19-8-5-4-6-9-19)12-13-24-14-16-25(17-15-24)20-10-7-11-21(18-20)26-2/h4-11,18H,3,12-17H2,1-2H3. The van der Waals surface area contributed by atoms with Crippen LogP contribution in [0.5, 0.6) is 5.75 Å². The molecule has 3 rings (SSSR count). The van der Waals surface area contributed by atoms with Crippen molar-refractivity contribution < 1.29 is 9.57 Å². The van der Waals surface area contributed by atoms with Crippen molar-refractivity contribution >= 4 is 11.4 Å². The quantitative estimate of drug-likeness (QED) is 0.527. The summed E-state index contributed by atoms with van der Waals surface area (Å²) in [7, 11) is 1.71. The van der Waals surface area contributed by atoms with Gasteiger partial charge in [0.15, 0.2) is 0 Å². The van der Waals surface area contributed by atoms with Crippen molar-refractivity contribution in [2.75, 3.05) is 51.3 Å². The molecule has 0 bridgehead atoms. The third-order valence-corrected chi connectivity index (χ3v) is 4.87. The highest BCUT2D eigenvalue weighted by Crippen LogP contribution is 2.22. The van der Waals surface area contributed by atoms with Crippen molar-refractivity contribution in [1.82, 2.24) is 4.90 Å². The Hall–Kier alpha value is -2.53. The SMILES string of the molecule is CCON=C(CCN1CCN(c2cccc(OC)c2)CC1)c1ccccc1. The molecule has 0 unspecified atom stereocenters. The highest BCUT2D eigenvalue weighted by atomic mass is 16.6. The summed E-state index contributed by atoms with van der Waals surface area (Å²) in [4.78, 5) is 10.3. The molecule has 5 nitrogen and oxygen atoms in total. The molecule has 2 aromatic rings. The van der Waals surface area contributed by atoms with E-state index in [-0.39, 0.29) is 0 Å². The van der Waals surface area contributed by atoms with Crippen molar-refractivity contribution in [2.45, 2.75) is 13.3 Å². The van der Waals surface area contributed by atoms with E-state index in [1.165, 1.54) is 5.69 Å². The van der Waals surface area contributed by atoms with Crippen LogP contribution in [0.2, 0.25) is 0 Å². The Morgan fingerprint density at radius 2 is 1.78 bits per heavy atom. The second-order valence-electron chi connectivity index (χ2n) is 6.60. The molecule has 1 aliphatic heterocycles. The monoisotopic (exact) mass is 367 g/mol. The predicted molar refractivity (Wildman–Crippen MR) is 111 cm³/mol. The van der Waals surface area contributed by atoms with Crippen LogP contribution in [0.4, 0.5) is 5.69 Å². The summed E-state index contributed by atoms with van der Waals surface area (Å²) >= 11 is 0. The average Bonchev–Trinajstić information content (AvgIpc) is 2.75. The van der Waals surface area contributed by atoms with Gasteiger partial charge in [0.25, 0.3) is 0 Å². The van der Waals surface area contributed by atoms with Gasteiger partial charge in [0.1, 0.15) is 12.4 Å². The van der Waals surface area contributed by atoms with Crippen LogP contribution in [-0.2, 0) is 4.84 Å². The second-order valence-corrected chi connectivity index (χ2v) is 6.60. The molecule has 0 atom stereocenters. The van der Waals surface area contributed by atoms with Gasteiger partial charge < -0.3 is 14.5 Å². The molecule has 0 saturated carbocycles. The van der Waals surface area contributed by atoms with Crippen LogP contribution in [0, 0.1) is 0 Å². The van der Waals surface area contributed by atoms with Crippen LogP contribution in [0.3, 0.4) is 0 Å². The lowest BCUT2D eigenvalue weighted by atomic mass is 10.1. The second kappa shape index (κ2) is 9.97. The van der Waals surface area contributed by atoms with E-state index < -0.39 is 0 Å². The molecule has 144 valence electrons. The van der Waals surface area contributed by atoms with E-state index in [9.17, 15) is 0 Å². The van der Waals surface area contributed by atoms with E-state index >= 15 is 0 Å². The Morgan fingerprint density at radius 1 is 1.00 bits per heavy atom. The number of anilines is 1. The van der Waals surface area contributed by atoms with Gasteiger partial charge in [0.2, 0.25) is 0 Å². The van der Waals surface area contributed by atoms with Gasteiger partial charge in [-0.3, -0.25) is 4.90 Å². The number of hydrogen-bond donors (Lipinski definition) is 0. The largest absolute Gasteiger partial charge is 0.497 e. The van der Waals surface area contributed by atoms with Crippen LogP contribution in [0.15, 0.2) is 59.8 Å². The lowest BCUT2D eigenvalue weighted by molar-refractivity contribution is 0.157.